The molecule has 0 atom stereocenters. The molecule has 14 heteroatoms. The largest absolute Gasteiger partial charge is 0.432 e. The molecule has 246 valence electrons. The van der Waals surface area contributed by atoms with Gasteiger partial charge in [-0.1, -0.05) is 29.8 Å². The Labute approximate surface area is 258 Å². The normalized spacial score (nSPS) is 11.2. The summed E-state index contributed by atoms with van der Waals surface area (Å²) in [5.41, 5.74) is -1.26. The van der Waals surface area contributed by atoms with Crippen LogP contribution in [-0.2, 0) is 12.8 Å². The second-order valence-corrected chi connectivity index (χ2v) is 9.77. The molecule has 0 N–H and O–H groups in total. The molecule has 5 aromatic rings. The lowest BCUT2D eigenvalue weighted by atomic mass is 10.0. The third-order valence-electron chi connectivity index (χ3n) is 6.54. The maximum atomic E-state index is 14.3. The van der Waals surface area contributed by atoms with Gasteiger partial charge in [-0.15, -0.1) is 0 Å². The van der Waals surface area contributed by atoms with E-state index in [-0.39, 0.29) is 12.1 Å². The molecule has 0 spiro atoms. The summed E-state index contributed by atoms with van der Waals surface area (Å²) in [6.45, 7) is 0.795. The molecule has 0 heterocycles. The molecule has 0 aliphatic rings. The van der Waals surface area contributed by atoms with Gasteiger partial charge in [-0.05, 0) is 60.0 Å². The quantitative estimate of drug-likeness (QED) is 0.126. The summed E-state index contributed by atoms with van der Waals surface area (Å²) in [6, 6.07) is 12.7. The Kier molecular flexibility index (Phi) is 10.4. The topological polar surface area (TPSA) is 18.5 Å². The van der Waals surface area contributed by atoms with Gasteiger partial charge in [-0.25, -0.2) is 39.5 Å². The molecule has 47 heavy (non-hydrogen) atoms. The van der Waals surface area contributed by atoms with Crippen LogP contribution in [0.3, 0.4) is 0 Å². The summed E-state index contributed by atoms with van der Waals surface area (Å²) >= 11 is 0. The summed E-state index contributed by atoms with van der Waals surface area (Å²) in [5, 5.41) is 0. The standard InChI is InChI=1S/C19H7F9O2.C14H11F3/c20-12-5-9(30-28)1-2-11(12)8-3-13(21)17(14(22)4-8)19(26,27)29-10-6-15(23)18(25)16(24)7-10;1-9-2-4-10(5-3-9)11-6-13(16)12(8-15)14(17)7-11/h1-7H;2-7H,8H2,1H3. The van der Waals surface area contributed by atoms with E-state index in [2.05, 4.69) is 9.68 Å². The van der Waals surface area contributed by atoms with Crippen LogP contribution in [0.15, 0.2) is 78.9 Å². The summed E-state index contributed by atoms with van der Waals surface area (Å²) < 4.78 is 165. The van der Waals surface area contributed by atoms with Crippen molar-refractivity contribution in [3.05, 3.63) is 142 Å². The number of hydrogen-bond acceptors (Lipinski definition) is 2. The Balaban J connectivity index is 0.000000248. The van der Waals surface area contributed by atoms with E-state index in [1.165, 1.54) is 0 Å². The van der Waals surface area contributed by atoms with E-state index in [9.17, 15) is 52.8 Å². The summed E-state index contributed by atoms with van der Waals surface area (Å²) in [6.07, 6.45) is -4.78. The van der Waals surface area contributed by atoms with Crippen molar-refractivity contribution in [2.45, 2.75) is 19.7 Å². The molecular weight excluding hydrogens is 656 g/mol. The van der Waals surface area contributed by atoms with Gasteiger partial charge in [0.05, 0.1) is 5.56 Å². The van der Waals surface area contributed by atoms with Crippen molar-refractivity contribution in [1.82, 2.24) is 0 Å². The van der Waals surface area contributed by atoms with Crippen molar-refractivity contribution in [3.63, 3.8) is 0 Å². The lowest BCUT2D eigenvalue weighted by molar-refractivity contribution is -0.189. The highest BCUT2D eigenvalue weighted by Crippen LogP contribution is 2.38. The van der Waals surface area contributed by atoms with Gasteiger partial charge in [0.15, 0.2) is 23.2 Å². The van der Waals surface area contributed by atoms with E-state index in [0.29, 0.717) is 29.3 Å². The van der Waals surface area contributed by atoms with Crippen molar-refractivity contribution < 1.29 is 62.5 Å². The molecule has 2 nitrogen and oxygen atoms in total. The van der Waals surface area contributed by atoms with Gasteiger partial charge in [0.1, 0.15) is 47.1 Å². The molecule has 0 saturated carbocycles. The van der Waals surface area contributed by atoms with E-state index < -0.39 is 93.1 Å². The highest BCUT2D eigenvalue weighted by Gasteiger charge is 2.41. The Hall–Kier alpha value is -5.14. The fourth-order valence-electron chi connectivity index (χ4n) is 4.22. The minimum atomic E-state index is -4.78. The third kappa shape index (κ3) is 7.81. The van der Waals surface area contributed by atoms with Crippen molar-refractivity contribution in [2.75, 3.05) is 0 Å². The smallest absolute Gasteiger partial charge is 0.429 e. The summed E-state index contributed by atoms with van der Waals surface area (Å²) in [7, 11) is 0. The second-order valence-electron chi connectivity index (χ2n) is 9.77. The van der Waals surface area contributed by atoms with Crippen LogP contribution in [-0.4, -0.2) is 0 Å². The molecule has 0 amide bonds. The number of benzene rings is 5. The Morgan fingerprint density at radius 2 is 1.06 bits per heavy atom. The van der Waals surface area contributed by atoms with Crippen molar-refractivity contribution in [3.8, 4) is 33.8 Å². The first-order chi connectivity index (χ1) is 22.1. The first-order valence-electron chi connectivity index (χ1n) is 13.1. The van der Waals surface area contributed by atoms with Crippen LogP contribution in [0, 0.1) is 53.5 Å². The summed E-state index contributed by atoms with van der Waals surface area (Å²) in [5.74, 6) is -14.1. The van der Waals surface area contributed by atoms with E-state index >= 15 is 0 Å². The van der Waals surface area contributed by atoms with Crippen LogP contribution in [0.25, 0.3) is 22.3 Å². The van der Waals surface area contributed by atoms with Gasteiger partial charge in [0.25, 0.3) is 0 Å². The maximum Gasteiger partial charge on any atom is 0.432 e. The van der Waals surface area contributed by atoms with Gasteiger partial charge in [-0.2, -0.15) is 8.78 Å². The van der Waals surface area contributed by atoms with Gasteiger partial charge >= 0.3 is 6.11 Å². The van der Waals surface area contributed by atoms with Crippen LogP contribution in [0.4, 0.5) is 52.8 Å². The number of ether oxygens (including phenoxy) is 1. The predicted octanol–water partition coefficient (Wildman–Crippen LogP) is 11.0. The highest BCUT2D eigenvalue weighted by atomic mass is 19.3. The molecule has 5 rings (SSSR count). The fourth-order valence-corrected chi connectivity index (χ4v) is 4.22. The Morgan fingerprint density at radius 1 is 0.553 bits per heavy atom. The molecule has 0 saturated heterocycles. The zero-order valence-electron chi connectivity index (χ0n) is 23.6. The molecule has 0 bridgehead atoms. The average Bonchev–Trinajstić information content (AvgIpc) is 2.99. The minimum absolute atomic E-state index is 0.0559. The predicted molar refractivity (Wildman–Crippen MR) is 146 cm³/mol. The van der Waals surface area contributed by atoms with Crippen LogP contribution in [0.5, 0.6) is 11.5 Å². The number of alkyl halides is 3. The van der Waals surface area contributed by atoms with Gasteiger partial charge in [0.2, 0.25) is 0 Å². The first-order valence-corrected chi connectivity index (χ1v) is 13.1. The number of hydrogen-bond donors (Lipinski definition) is 0. The molecule has 0 aromatic heterocycles. The van der Waals surface area contributed by atoms with E-state index in [1.54, 1.807) is 12.1 Å². The van der Waals surface area contributed by atoms with Crippen molar-refractivity contribution in [2.24, 2.45) is 0 Å². The molecular formula is C33H18F12O2. The molecule has 0 aliphatic heterocycles. The SMILES string of the molecule is Cc1ccc(-c2cc(F)c(CF)c(F)c2)cc1.FOc1ccc(-c2cc(F)c(C(F)(F)Oc3cc(F)c(F)c(F)c3)c(F)c2)c(F)c1. The zero-order valence-corrected chi connectivity index (χ0v) is 23.6. The molecule has 0 aliphatic carbocycles. The Morgan fingerprint density at radius 3 is 1.55 bits per heavy atom. The van der Waals surface area contributed by atoms with E-state index in [4.69, 9.17) is 0 Å². The molecule has 0 fully saturated rings. The lowest BCUT2D eigenvalue weighted by Gasteiger charge is -2.20. The lowest BCUT2D eigenvalue weighted by Crippen LogP contribution is -2.25. The van der Waals surface area contributed by atoms with Crippen LogP contribution < -0.4 is 9.68 Å². The number of aryl methyl sites for hydroxylation is 1. The maximum absolute atomic E-state index is 14.3. The van der Waals surface area contributed by atoms with E-state index in [0.717, 1.165) is 29.8 Å². The van der Waals surface area contributed by atoms with Crippen LogP contribution >= 0.6 is 0 Å². The number of halogens is 12. The second kappa shape index (κ2) is 14.1. The highest BCUT2D eigenvalue weighted by molar-refractivity contribution is 5.66. The van der Waals surface area contributed by atoms with Crippen LogP contribution in [0.1, 0.15) is 16.7 Å². The van der Waals surface area contributed by atoms with Gasteiger partial charge in [0, 0.05) is 28.3 Å². The minimum Gasteiger partial charge on any atom is -0.429 e. The van der Waals surface area contributed by atoms with Crippen LogP contribution in [0.2, 0.25) is 0 Å². The van der Waals surface area contributed by atoms with E-state index in [1.807, 2.05) is 19.1 Å². The Bertz CT molecular complexity index is 1840. The van der Waals surface area contributed by atoms with Crippen molar-refractivity contribution in [1.29, 1.82) is 0 Å². The molecule has 0 unspecified atom stereocenters. The fraction of sp³-hybridized carbons (Fsp3) is 0.0909. The van der Waals surface area contributed by atoms with Gasteiger partial charge in [-0.3, -0.25) is 4.94 Å². The van der Waals surface area contributed by atoms with Crippen molar-refractivity contribution >= 4 is 0 Å². The monoisotopic (exact) mass is 674 g/mol. The average molecular weight is 674 g/mol. The zero-order chi connectivity index (χ0) is 34.6. The number of rotatable bonds is 7. The summed E-state index contributed by atoms with van der Waals surface area (Å²) in [4.78, 5) is 3.30. The molecule has 5 aromatic carbocycles. The van der Waals surface area contributed by atoms with Gasteiger partial charge < -0.3 is 4.74 Å². The first kappa shape index (κ1) is 34.7. The molecule has 0 radical (unpaired) electrons. The third-order valence-corrected chi connectivity index (χ3v) is 6.54.